The number of hydrogen-bond acceptors (Lipinski definition) is 7. The smallest absolute Gasteiger partial charge is 0.338 e. The van der Waals surface area contributed by atoms with Gasteiger partial charge >= 0.3 is 5.97 Å². The summed E-state index contributed by atoms with van der Waals surface area (Å²) < 4.78 is 42.1. The van der Waals surface area contributed by atoms with Crippen LogP contribution >= 0.6 is 0 Å². The molecule has 2 aromatic rings. The van der Waals surface area contributed by atoms with Gasteiger partial charge in [0.05, 0.1) is 24.7 Å². The van der Waals surface area contributed by atoms with Crippen LogP contribution in [-0.2, 0) is 14.8 Å². The Kier molecular flexibility index (Phi) is 7.74. The van der Waals surface area contributed by atoms with Crippen LogP contribution in [0.2, 0.25) is 0 Å². The Morgan fingerprint density at radius 1 is 0.966 bits per heavy atom. The first-order valence-corrected chi connectivity index (χ1v) is 10.3. The first kappa shape index (κ1) is 22.4. The zero-order chi connectivity index (χ0) is 21.4. The van der Waals surface area contributed by atoms with Gasteiger partial charge in [0.1, 0.15) is 0 Å². The summed E-state index contributed by atoms with van der Waals surface area (Å²) in [5.41, 5.74) is 0.319. The minimum absolute atomic E-state index is 0.0319. The number of rotatable bonds is 10. The van der Waals surface area contributed by atoms with Crippen molar-refractivity contribution in [2.75, 3.05) is 27.4 Å². The molecule has 0 amide bonds. The zero-order valence-electron chi connectivity index (χ0n) is 16.4. The van der Waals surface area contributed by atoms with Crippen molar-refractivity contribution in [3.63, 3.8) is 0 Å². The van der Waals surface area contributed by atoms with E-state index in [2.05, 4.69) is 4.72 Å². The molecule has 0 aliphatic rings. The van der Waals surface area contributed by atoms with Gasteiger partial charge in [-0.3, -0.25) is 4.79 Å². The number of ketones is 1. The van der Waals surface area contributed by atoms with Crippen molar-refractivity contribution in [3.05, 3.63) is 53.6 Å². The van der Waals surface area contributed by atoms with Crippen LogP contribution in [0.1, 0.15) is 34.1 Å². The third-order valence-electron chi connectivity index (χ3n) is 3.96. The van der Waals surface area contributed by atoms with Gasteiger partial charge in [0.15, 0.2) is 23.9 Å². The summed E-state index contributed by atoms with van der Waals surface area (Å²) in [5, 5.41) is 0. The Balaban J connectivity index is 2.08. The third-order valence-corrected chi connectivity index (χ3v) is 5.42. The highest BCUT2D eigenvalue weighted by Gasteiger charge is 2.18. The normalized spacial score (nSPS) is 11.0. The van der Waals surface area contributed by atoms with E-state index in [-0.39, 0.29) is 22.6 Å². The Hall–Kier alpha value is -2.91. The van der Waals surface area contributed by atoms with E-state index < -0.39 is 28.4 Å². The predicted octanol–water partition coefficient (Wildman–Crippen LogP) is 2.43. The molecule has 0 aliphatic heterocycles. The molecule has 29 heavy (non-hydrogen) atoms. The van der Waals surface area contributed by atoms with Gasteiger partial charge in [-0.2, -0.15) is 0 Å². The van der Waals surface area contributed by atoms with E-state index in [0.717, 1.165) is 0 Å². The van der Waals surface area contributed by atoms with E-state index in [9.17, 15) is 18.0 Å². The van der Waals surface area contributed by atoms with E-state index in [4.69, 9.17) is 14.2 Å². The fourth-order valence-corrected chi connectivity index (χ4v) is 3.60. The Bertz CT molecular complexity index is 986. The Morgan fingerprint density at radius 3 is 2.34 bits per heavy atom. The molecule has 9 heteroatoms. The average Bonchev–Trinajstić information content (AvgIpc) is 2.75. The van der Waals surface area contributed by atoms with E-state index in [1.54, 1.807) is 6.07 Å². The maximum atomic E-state index is 12.3. The SMILES string of the molecule is CCCNS(=O)(=O)c1cccc(C(=O)OCC(=O)c2ccc(OC)c(OC)c2)c1. The molecule has 0 atom stereocenters. The number of carbonyl (C=O) groups excluding carboxylic acids is 2. The van der Waals surface area contributed by atoms with Gasteiger partial charge in [-0.1, -0.05) is 13.0 Å². The second-order valence-electron chi connectivity index (χ2n) is 5.99. The molecule has 0 fully saturated rings. The lowest BCUT2D eigenvalue weighted by atomic mass is 10.1. The summed E-state index contributed by atoms with van der Waals surface area (Å²) >= 11 is 0. The van der Waals surface area contributed by atoms with Crippen molar-refractivity contribution in [1.29, 1.82) is 0 Å². The Morgan fingerprint density at radius 2 is 1.69 bits per heavy atom. The number of ether oxygens (including phenoxy) is 3. The lowest BCUT2D eigenvalue weighted by molar-refractivity contribution is 0.0474. The molecule has 0 bridgehead atoms. The standard InChI is InChI=1S/C20H23NO7S/c1-4-10-21-29(24,25)16-7-5-6-15(11-16)20(23)28-13-17(22)14-8-9-18(26-2)19(12-14)27-3/h5-9,11-12,21H,4,10,13H2,1-3H3. The van der Waals surface area contributed by atoms with E-state index in [1.807, 2.05) is 6.92 Å². The largest absolute Gasteiger partial charge is 0.493 e. The second-order valence-corrected chi connectivity index (χ2v) is 7.76. The molecule has 0 aromatic heterocycles. The van der Waals surface area contributed by atoms with Gasteiger partial charge < -0.3 is 14.2 Å². The topological polar surface area (TPSA) is 108 Å². The maximum absolute atomic E-state index is 12.3. The molecular weight excluding hydrogens is 398 g/mol. The molecule has 2 aromatic carbocycles. The molecule has 0 heterocycles. The number of benzene rings is 2. The number of methoxy groups -OCH3 is 2. The van der Waals surface area contributed by atoms with E-state index in [1.165, 1.54) is 50.6 Å². The van der Waals surface area contributed by atoms with E-state index in [0.29, 0.717) is 17.9 Å². The molecule has 1 N–H and O–H groups in total. The number of Topliss-reactive ketones (excluding diaryl/α,β-unsaturated/α-hetero) is 1. The van der Waals surface area contributed by atoms with Gasteiger partial charge in [0.25, 0.3) is 0 Å². The summed E-state index contributed by atoms with van der Waals surface area (Å²) in [4.78, 5) is 24.5. The van der Waals surface area contributed by atoms with E-state index >= 15 is 0 Å². The Labute approximate surface area is 169 Å². The lowest BCUT2D eigenvalue weighted by Crippen LogP contribution is -2.24. The molecule has 0 saturated heterocycles. The zero-order valence-corrected chi connectivity index (χ0v) is 17.2. The van der Waals surface area contributed by atoms with Gasteiger partial charge in [-0.15, -0.1) is 0 Å². The molecular formula is C20H23NO7S. The molecule has 0 spiro atoms. The van der Waals surface area contributed by atoms with Crippen LogP contribution in [0.5, 0.6) is 11.5 Å². The predicted molar refractivity (Wildman–Crippen MR) is 106 cm³/mol. The van der Waals surface area contributed by atoms with Crippen LogP contribution in [0.25, 0.3) is 0 Å². The molecule has 0 radical (unpaired) electrons. The third kappa shape index (κ3) is 5.78. The van der Waals surface area contributed by atoms with Crippen LogP contribution in [0, 0.1) is 0 Å². The number of carbonyl (C=O) groups is 2. The highest BCUT2D eigenvalue weighted by Crippen LogP contribution is 2.27. The van der Waals surface area contributed by atoms with Crippen LogP contribution in [0.15, 0.2) is 47.4 Å². The summed E-state index contributed by atoms with van der Waals surface area (Å²) in [6.45, 7) is 1.63. The van der Waals surface area contributed by atoms with Crippen molar-refractivity contribution in [2.24, 2.45) is 0 Å². The van der Waals surface area contributed by atoms with Crippen LogP contribution in [-0.4, -0.2) is 47.5 Å². The minimum Gasteiger partial charge on any atom is -0.493 e. The van der Waals surface area contributed by atoms with Gasteiger partial charge in [-0.25, -0.2) is 17.9 Å². The molecule has 156 valence electrons. The van der Waals surface area contributed by atoms with Crippen LogP contribution in [0.3, 0.4) is 0 Å². The van der Waals surface area contributed by atoms with Gasteiger partial charge in [-0.05, 0) is 42.8 Å². The average molecular weight is 421 g/mol. The van der Waals surface area contributed by atoms with Gasteiger partial charge in [0.2, 0.25) is 10.0 Å². The van der Waals surface area contributed by atoms with Crippen LogP contribution < -0.4 is 14.2 Å². The number of sulfonamides is 1. The fourth-order valence-electron chi connectivity index (χ4n) is 2.42. The number of esters is 1. The molecule has 8 nitrogen and oxygen atoms in total. The number of hydrogen-bond donors (Lipinski definition) is 1. The second kappa shape index (κ2) is 10.0. The summed E-state index contributed by atoms with van der Waals surface area (Å²) in [5.74, 6) is -0.392. The van der Waals surface area contributed by atoms with Crippen molar-refractivity contribution in [2.45, 2.75) is 18.2 Å². The first-order chi connectivity index (χ1) is 13.8. The fraction of sp³-hybridized carbons (Fsp3) is 0.300. The minimum atomic E-state index is -3.72. The molecule has 0 unspecified atom stereocenters. The number of nitrogens with one attached hydrogen (secondary N) is 1. The first-order valence-electron chi connectivity index (χ1n) is 8.84. The van der Waals surface area contributed by atoms with Crippen LogP contribution in [0.4, 0.5) is 0 Å². The maximum Gasteiger partial charge on any atom is 0.338 e. The molecule has 0 saturated carbocycles. The van der Waals surface area contributed by atoms with Gasteiger partial charge in [0, 0.05) is 12.1 Å². The molecule has 2 rings (SSSR count). The quantitative estimate of drug-likeness (QED) is 0.464. The summed E-state index contributed by atoms with van der Waals surface area (Å²) in [6, 6.07) is 10.0. The monoisotopic (exact) mass is 421 g/mol. The van der Waals surface area contributed by atoms with Crippen molar-refractivity contribution in [3.8, 4) is 11.5 Å². The lowest BCUT2D eigenvalue weighted by Gasteiger charge is -2.10. The summed E-state index contributed by atoms with van der Waals surface area (Å²) in [7, 11) is -0.791. The van der Waals surface area contributed by atoms with Crippen molar-refractivity contribution < 1.29 is 32.2 Å². The highest BCUT2D eigenvalue weighted by molar-refractivity contribution is 7.89. The molecule has 0 aliphatic carbocycles. The van der Waals surface area contributed by atoms with Crippen molar-refractivity contribution >= 4 is 21.8 Å². The summed E-state index contributed by atoms with van der Waals surface area (Å²) in [6.07, 6.45) is 0.638. The highest BCUT2D eigenvalue weighted by atomic mass is 32.2. The van der Waals surface area contributed by atoms with Crippen molar-refractivity contribution in [1.82, 2.24) is 4.72 Å².